The quantitative estimate of drug-likeness (QED) is 0.807. The first kappa shape index (κ1) is 20.6. The molecule has 0 aliphatic carbocycles. The van der Waals surface area contributed by atoms with Crippen LogP contribution in [0.2, 0.25) is 5.02 Å². The van der Waals surface area contributed by atoms with Crippen molar-refractivity contribution in [2.45, 2.75) is 19.4 Å². The smallest absolute Gasteiger partial charge is 0.239 e. The van der Waals surface area contributed by atoms with Gasteiger partial charge in [0.05, 0.1) is 12.1 Å². The highest BCUT2D eigenvalue weighted by molar-refractivity contribution is 6.31. The van der Waals surface area contributed by atoms with Crippen molar-refractivity contribution in [1.82, 2.24) is 10.3 Å². The zero-order valence-electron chi connectivity index (χ0n) is 10.7. The fraction of sp³-hybridized carbons (Fsp3) is 0.455. The highest BCUT2D eigenvalue weighted by Gasteiger charge is 2.20. The van der Waals surface area contributed by atoms with Crippen LogP contribution in [0.25, 0.3) is 0 Å². The highest BCUT2D eigenvalue weighted by atomic mass is 35.5. The van der Waals surface area contributed by atoms with Gasteiger partial charge >= 0.3 is 0 Å². The number of amides is 1. The van der Waals surface area contributed by atoms with Crippen molar-refractivity contribution in [2.75, 3.05) is 13.2 Å². The number of nitrogens with two attached hydrogens (primary N) is 1. The lowest BCUT2D eigenvalue weighted by molar-refractivity contribution is -0.125. The molecule has 0 unspecified atom stereocenters. The standard InChI is InChI=1S/C11H16ClN3O2.2ClH/c1-11(2,13)10(16)15-6-7-17-9-8(12)4-3-5-14-9;;/h3-5H,6-7,13H2,1-2H3,(H,15,16);2*1H. The molecule has 0 saturated heterocycles. The summed E-state index contributed by atoms with van der Waals surface area (Å²) in [6, 6.07) is 3.40. The second-order valence-corrected chi connectivity index (χ2v) is 4.52. The monoisotopic (exact) mass is 329 g/mol. The maximum absolute atomic E-state index is 11.4. The van der Waals surface area contributed by atoms with E-state index >= 15 is 0 Å². The predicted octanol–water partition coefficient (Wildman–Crippen LogP) is 1.81. The number of nitrogens with one attached hydrogen (secondary N) is 1. The molecular weight excluding hydrogens is 312 g/mol. The zero-order valence-corrected chi connectivity index (χ0v) is 13.1. The summed E-state index contributed by atoms with van der Waals surface area (Å²) in [5, 5.41) is 3.10. The molecule has 8 heteroatoms. The van der Waals surface area contributed by atoms with Gasteiger partial charge in [-0.05, 0) is 26.0 Å². The number of pyridine rings is 1. The molecule has 1 aromatic rings. The van der Waals surface area contributed by atoms with Crippen molar-refractivity contribution in [3.8, 4) is 5.88 Å². The molecule has 0 bridgehead atoms. The van der Waals surface area contributed by atoms with Crippen molar-refractivity contribution in [3.05, 3.63) is 23.4 Å². The molecule has 19 heavy (non-hydrogen) atoms. The van der Waals surface area contributed by atoms with Crippen molar-refractivity contribution >= 4 is 42.3 Å². The summed E-state index contributed by atoms with van der Waals surface area (Å²) in [5.41, 5.74) is 4.72. The molecule has 1 heterocycles. The normalized spacial score (nSPS) is 9.89. The van der Waals surface area contributed by atoms with Gasteiger partial charge in [0.2, 0.25) is 11.8 Å². The van der Waals surface area contributed by atoms with Gasteiger partial charge in [0, 0.05) is 6.20 Å². The van der Waals surface area contributed by atoms with Crippen LogP contribution in [-0.2, 0) is 4.79 Å². The van der Waals surface area contributed by atoms with Crippen LogP contribution in [0, 0.1) is 0 Å². The van der Waals surface area contributed by atoms with E-state index in [0.29, 0.717) is 24.1 Å². The summed E-state index contributed by atoms with van der Waals surface area (Å²) < 4.78 is 5.30. The Bertz CT molecular complexity index is 397. The van der Waals surface area contributed by atoms with Crippen LogP contribution < -0.4 is 15.8 Å². The lowest BCUT2D eigenvalue weighted by Crippen LogP contribution is -2.49. The van der Waals surface area contributed by atoms with Gasteiger partial charge in [-0.15, -0.1) is 24.8 Å². The van der Waals surface area contributed by atoms with Crippen molar-refractivity contribution in [2.24, 2.45) is 5.73 Å². The van der Waals surface area contributed by atoms with Crippen LogP contribution in [0.1, 0.15) is 13.8 Å². The van der Waals surface area contributed by atoms with E-state index in [0.717, 1.165) is 0 Å². The fourth-order valence-corrected chi connectivity index (χ4v) is 1.19. The minimum Gasteiger partial charge on any atom is -0.475 e. The minimum absolute atomic E-state index is 0. The van der Waals surface area contributed by atoms with Gasteiger partial charge in [-0.25, -0.2) is 4.98 Å². The SMILES string of the molecule is CC(C)(N)C(=O)NCCOc1ncccc1Cl.Cl.Cl. The first-order valence-electron chi connectivity index (χ1n) is 5.22. The second kappa shape index (κ2) is 9.20. The Morgan fingerprint density at radius 1 is 1.53 bits per heavy atom. The Morgan fingerprint density at radius 2 is 2.16 bits per heavy atom. The molecule has 0 fully saturated rings. The molecule has 0 atom stereocenters. The molecule has 1 rings (SSSR count). The van der Waals surface area contributed by atoms with E-state index < -0.39 is 5.54 Å². The third-order valence-corrected chi connectivity index (χ3v) is 2.22. The molecule has 110 valence electrons. The molecule has 0 radical (unpaired) electrons. The Hall–Kier alpha value is -0.750. The Kier molecular flexibility index (Phi) is 9.96. The Morgan fingerprint density at radius 3 is 2.68 bits per heavy atom. The fourth-order valence-electron chi connectivity index (χ4n) is 1.02. The van der Waals surface area contributed by atoms with Gasteiger partial charge in [0.25, 0.3) is 0 Å². The number of hydrogen-bond donors (Lipinski definition) is 2. The van der Waals surface area contributed by atoms with Gasteiger partial charge in [-0.1, -0.05) is 11.6 Å². The molecule has 0 spiro atoms. The molecule has 1 amide bonds. The third kappa shape index (κ3) is 7.42. The molecule has 1 aromatic heterocycles. The average molecular weight is 331 g/mol. The van der Waals surface area contributed by atoms with Crippen molar-refractivity contribution in [3.63, 3.8) is 0 Å². The predicted molar refractivity (Wildman–Crippen MR) is 80.5 cm³/mol. The average Bonchev–Trinajstić information content (AvgIpc) is 2.25. The summed E-state index contributed by atoms with van der Waals surface area (Å²) in [7, 11) is 0. The van der Waals surface area contributed by atoms with Crippen LogP contribution in [-0.4, -0.2) is 29.6 Å². The van der Waals surface area contributed by atoms with E-state index in [4.69, 9.17) is 22.1 Å². The summed E-state index contributed by atoms with van der Waals surface area (Å²) in [6.07, 6.45) is 1.59. The number of carbonyl (C=O) groups excluding carboxylic acids is 1. The molecule has 0 aromatic carbocycles. The molecule has 5 nitrogen and oxygen atoms in total. The van der Waals surface area contributed by atoms with E-state index in [1.807, 2.05) is 0 Å². The summed E-state index contributed by atoms with van der Waals surface area (Å²) in [5.74, 6) is 0.128. The topological polar surface area (TPSA) is 77.2 Å². The number of nitrogens with zero attached hydrogens (tertiary/aromatic N) is 1. The first-order valence-corrected chi connectivity index (χ1v) is 5.59. The number of carbonyl (C=O) groups is 1. The van der Waals surface area contributed by atoms with E-state index in [9.17, 15) is 4.79 Å². The first-order chi connectivity index (χ1) is 7.91. The molecule has 0 aliphatic rings. The van der Waals surface area contributed by atoms with E-state index in [2.05, 4.69) is 10.3 Å². The van der Waals surface area contributed by atoms with E-state index in [-0.39, 0.29) is 30.7 Å². The highest BCUT2D eigenvalue weighted by Crippen LogP contribution is 2.19. The number of rotatable bonds is 5. The Balaban J connectivity index is 0. The van der Waals surface area contributed by atoms with Gasteiger partial charge in [-0.3, -0.25) is 4.79 Å². The van der Waals surface area contributed by atoms with Gasteiger partial charge < -0.3 is 15.8 Å². The maximum atomic E-state index is 11.4. The van der Waals surface area contributed by atoms with Gasteiger partial charge in [0.1, 0.15) is 11.6 Å². The van der Waals surface area contributed by atoms with E-state index in [1.54, 1.807) is 32.2 Å². The third-order valence-electron chi connectivity index (χ3n) is 1.94. The number of ether oxygens (including phenoxy) is 1. The van der Waals surface area contributed by atoms with Gasteiger partial charge in [-0.2, -0.15) is 0 Å². The van der Waals surface area contributed by atoms with Crippen LogP contribution in [0.4, 0.5) is 0 Å². The summed E-state index contributed by atoms with van der Waals surface area (Å²) >= 11 is 5.84. The number of hydrogen-bond acceptors (Lipinski definition) is 4. The van der Waals surface area contributed by atoms with Crippen LogP contribution in [0.15, 0.2) is 18.3 Å². The van der Waals surface area contributed by atoms with Crippen LogP contribution in [0.5, 0.6) is 5.88 Å². The lowest BCUT2D eigenvalue weighted by Gasteiger charge is -2.17. The molecular formula is C11H18Cl3N3O2. The summed E-state index contributed by atoms with van der Waals surface area (Å²) in [4.78, 5) is 15.4. The molecule has 0 saturated carbocycles. The molecule has 3 N–H and O–H groups in total. The minimum atomic E-state index is -0.886. The second-order valence-electron chi connectivity index (χ2n) is 4.12. The van der Waals surface area contributed by atoms with Crippen molar-refractivity contribution in [1.29, 1.82) is 0 Å². The van der Waals surface area contributed by atoms with Gasteiger partial charge in [0.15, 0.2) is 0 Å². The largest absolute Gasteiger partial charge is 0.475 e. The van der Waals surface area contributed by atoms with E-state index in [1.165, 1.54) is 0 Å². The Labute approximate surface area is 130 Å². The van der Waals surface area contributed by atoms with Crippen molar-refractivity contribution < 1.29 is 9.53 Å². The number of aromatic nitrogens is 1. The lowest BCUT2D eigenvalue weighted by atomic mass is 10.1. The van der Waals surface area contributed by atoms with Crippen LogP contribution >= 0.6 is 36.4 Å². The van der Waals surface area contributed by atoms with Crippen LogP contribution in [0.3, 0.4) is 0 Å². The molecule has 0 aliphatic heterocycles. The zero-order chi connectivity index (χ0) is 12.9. The summed E-state index contributed by atoms with van der Waals surface area (Å²) in [6.45, 7) is 3.92. The maximum Gasteiger partial charge on any atom is 0.239 e. The number of halogens is 3.